The maximum Gasteiger partial charge on any atom is 0.252 e. The van der Waals surface area contributed by atoms with Crippen molar-refractivity contribution in [1.29, 1.82) is 0 Å². The molecule has 0 aliphatic carbocycles. The molecule has 0 fully saturated rings. The third-order valence-corrected chi connectivity index (χ3v) is 7.03. The Morgan fingerprint density at radius 1 is 1.06 bits per heavy atom. The Bertz CT molecular complexity index is 1360. The molecule has 4 rings (SSSR count). The second-order valence-electron chi connectivity index (χ2n) is 10.1. The SMILES string of the molecule is CCC(c1nnnn1C(C)(C)CC)N(Cc1ccccc1)Cc1cc2cc(C)cc(C)c2[nH]c1=O. The Balaban J connectivity index is 1.79. The van der Waals surface area contributed by atoms with Crippen LogP contribution in [0, 0.1) is 13.8 Å². The monoisotopic (exact) mass is 472 g/mol. The molecule has 2 aromatic carbocycles. The molecule has 7 nitrogen and oxygen atoms in total. The van der Waals surface area contributed by atoms with Crippen LogP contribution >= 0.6 is 0 Å². The number of fused-ring (bicyclic) bond motifs is 1. The lowest BCUT2D eigenvalue weighted by atomic mass is 10.0. The first kappa shape index (κ1) is 24.8. The lowest BCUT2D eigenvalue weighted by Crippen LogP contribution is -2.36. The van der Waals surface area contributed by atoms with Gasteiger partial charge >= 0.3 is 0 Å². The van der Waals surface area contributed by atoms with Crippen LogP contribution in [0.2, 0.25) is 0 Å². The highest BCUT2D eigenvalue weighted by Gasteiger charge is 2.31. The first-order chi connectivity index (χ1) is 16.7. The van der Waals surface area contributed by atoms with Gasteiger partial charge in [-0.25, -0.2) is 4.68 Å². The van der Waals surface area contributed by atoms with Gasteiger partial charge in [0.05, 0.1) is 17.1 Å². The number of nitrogens with zero attached hydrogens (tertiary/aromatic N) is 5. The zero-order valence-corrected chi connectivity index (χ0v) is 21.7. The summed E-state index contributed by atoms with van der Waals surface area (Å²) in [5, 5.41) is 13.9. The van der Waals surface area contributed by atoms with E-state index in [-0.39, 0.29) is 17.1 Å². The van der Waals surface area contributed by atoms with Crippen molar-refractivity contribution in [3.63, 3.8) is 0 Å². The molecule has 2 heterocycles. The van der Waals surface area contributed by atoms with Crippen molar-refractivity contribution in [3.8, 4) is 0 Å². The zero-order chi connectivity index (χ0) is 25.2. The van der Waals surface area contributed by atoms with Gasteiger partial charge in [-0.05, 0) is 79.6 Å². The Morgan fingerprint density at radius 3 is 2.49 bits per heavy atom. The van der Waals surface area contributed by atoms with Crippen molar-refractivity contribution in [2.45, 2.75) is 79.1 Å². The predicted molar refractivity (Wildman–Crippen MR) is 140 cm³/mol. The molecule has 1 atom stereocenters. The number of benzene rings is 2. The van der Waals surface area contributed by atoms with Crippen LogP contribution in [0.5, 0.6) is 0 Å². The topological polar surface area (TPSA) is 79.7 Å². The Kier molecular flexibility index (Phi) is 7.17. The largest absolute Gasteiger partial charge is 0.321 e. The summed E-state index contributed by atoms with van der Waals surface area (Å²) in [5.74, 6) is 0.833. The van der Waals surface area contributed by atoms with E-state index in [4.69, 9.17) is 0 Å². The Hall–Kier alpha value is -3.32. The molecule has 0 saturated carbocycles. The number of aromatic amines is 1. The average Bonchev–Trinajstić information content (AvgIpc) is 3.32. The van der Waals surface area contributed by atoms with Crippen molar-refractivity contribution in [2.24, 2.45) is 0 Å². The maximum absolute atomic E-state index is 13.2. The van der Waals surface area contributed by atoms with Crippen molar-refractivity contribution in [1.82, 2.24) is 30.1 Å². The van der Waals surface area contributed by atoms with Crippen LogP contribution in [0.4, 0.5) is 0 Å². The van der Waals surface area contributed by atoms with Gasteiger partial charge in [-0.15, -0.1) is 5.10 Å². The minimum absolute atomic E-state index is 0.0501. The molecule has 0 aliphatic rings. The van der Waals surface area contributed by atoms with Gasteiger partial charge in [0.2, 0.25) is 0 Å². The molecule has 0 saturated heterocycles. The molecule has 4 aromatic rings. The summed E-state index contributed by atoms with van der Waals surface area (Å²) in [7, 11) is 0. The van der Waals surface area contributed by atoms with Gasteiger partial charge in [0.1, 0.15) is 0 Å². The minimum Gasteiger partial charge on any atom is -0.321 e. The molecule has 35 heavy (non-hydrogen) atoms. The van der Waals surface area contributed by atoms with Gasteiger partial charge in [-0.3, -0.25) is 9.69 Å². The van der Waals surface area contributed by atoms with E-state index in [2.05, 4.69) is 84.3 Å². The quantitative estimate of drug-likeness (QED) is 0.351. The van der Waals surface area contributed by atoms with Crippen LogP contribution in [0.3, 0.4) is 0 Å². The molecule has 184 valence electrons. The molecule has 7 heteroatoms. The Labute approximate surface area is 207 Å². The van der Waals surface area contributed by atoms with Crippen molar-refractivity contribution >= 4 is 10.9 Å². The first-order valence-corrected chi connectivity index (χ1v) is 12.4. The number of aromatic nitrogens is 5. The summed E-state index contributed by atoms with van der Waals surface area (Å²) in [5.41, 5.74) is 4.83. The second-order valence-corrected chi connectivity index (χ2v) is 10.1. The van der Waals surface area contributed by atoms with Crippen molar-refractivity contribution in [2.75, 3.05) is 0 Å². The predicted octanol–water partition coefficient (Wildman–Crippen LogP) is 5.43. The molecule has 1 N–H and O–H groups in total. The molecule has 0 amide bonds. The highest BCUT2D eigenvalue weighted by Crippen LogP contribution is 2.30. The van der Waals surface area contributed by atoms with Crippen LogP contribution < -0.4 is 5.56 Å². The summed E-state index contributed by atoms with van der Waals surface area (Å²) in [6.45, 7) is 13.9. The van der Waals surface area contributed by atoms with Crippen LogP contribution in [0.25, 0.3) is 10.9 Å². The van der Waals surface area contributed by atoms with E-state index in [0.29, 0.717) is 13.1 Å². The van der Waals surface area contributed by atoms with Crippen LogP contribution in [0.15, 0.2) is 53.3 Å². The summed E-state index contributed by atoms with van der Waals surface area (Å²) < 4.78 is 1.95. The third kappa shape index (κ3) is 5.20. The highest BCUT2D eigenvalue weighted by atomic mass is 16.1. The van der Waals surface area contributed by atoms with Crippen molar-refractivity contribution < 1.29 is 0 Å². The fourth-order valence-electron chi connectivity index (χ4n) is 4.75. The van der Waals surface area contributed by atoms with E-state index < -0.39 is 0 Å². The van der Waals surface area contributed by atoms with Crippen LogP contribution in [-0.4, -0.2) is 30.1 Å². The lowest BCUT2D eigenvalue weighted by Gasteiger charge is -2.33. The summed E-state index contributed by atoms with van der Waals surface area (Å²) in [6.07, 6.45) is 1.72. The normalized spacial score (nSPS) is 13.0. The fourth-order valence-corrected chi connectivity index (χ4v) is 4.75. The third-order valence-electron chi connectivity index (χ3n) is 7.03. The maximum atomic E-state index is 13.2. The molecule has 0 radical (unpaired) electrons. The summed E-state index contributed by atoms with van der Waals surface area (Å²) in [4.78, 5) is 18.7. The van der Waals surface area contributed by atoms with E-state index in [9.17, 15) is 4.79 Å². The van der Waals surface area contributed by atoms with Gasteiger partial charge < -0.3 is 4.98 Å². The van der Waals surface area contributed by atoms with Gasteiger partial charge in [0.25, 0.3) is 5.56 Å². The summed E-state index contributed by atoms with van der Waals surface area (Å²) in [6, 6.07) is 16.6. The molecular weight excluding hydrogens is 436 g/mol. The molecular formula is C28H36N6O. The number of nitrogens with one attached hydrogen (secondary N) is 1. The smallest absolute Gasteiger partial charge is 0.252 e. The first-order valence-electron chi connectivity index (χ1n) is 12.4. The molecule has 1 unspecified atom stereocenters. The van der Waals surface area contributed by atoms with E-state index >= 15 is 0 Å². The van der Waals surface area contributed by atoms with E-state index in [1.807, 2.05) is 35.9 Å². The van der Waals surface area contributed by atoms with Crippen molar-refractivity contribution in [3.05, 3.63) is 87.0 Å². The Morgan fingerprint density at radius 2 is 1.80 bits per heavy atom. The lowest BCUT2D eigenvalue weighted by molar-refractivity contribution is 0.150. The summed E-state index contributed by atoms with van der Waals surface area (Å²) >= 11 is 0. The van der Waals surface area contributed by atoms with Gasteiger partial charge in [-0.2, -0.15) is 0 Å². The molecule has 0 bridgehead atoms. The zero-order valence-electron chi connectivity index (χ0n) is 21.7. The van der Waals surface area contributed by atoms with Crippen LogP contribution in [-0.2, 0) is 18.6 Å². The van der Waals surface area contributed by atoms with Gasteiger partial charge in [0, 0.05) is 18.7 Å². The van der Waals surface area contributed by atoms with E-state index in [1.165, 1.54) is 11.1 Å². The number of tetrazole rings is 1. The second kappa shape index (κ2) is 10.1. The van der Waals surface area contributed by atoms with Gasteiger partial charge in [0.15, 0.2) is 5.82 Å². The number of hydrogen-bond acceptors (Lipinski definition) is 5. The van der Waals surface area contributed by atoms with Crippen LogP contribution in [0.1, 0.15) is 74.7 Å². The van der Waals surface area contributed by atoms with Gasteiger partial charge in [-0.1, -0.05) is 55.8 Å². The van der Waals surface area contributed by atoms with E-state index in [1.54, 1.807) is 0 Å². The molecule has 2 aromatic heterocycles. The molecule has 0 aliphatic heterocycles. The minimum atomic E-state index is -0.208. The number of pyridine rings is 1. The number of hydrogen-bond donors (Lipinski definition) is 1. The number of aryl methyl sites for hydroxylation is 2. The number of H-pyrrole nitrogens is 1. The number of rotatable bonds is 9. The van der Waals surface area contributed by atoms with E-state index in [0.717, 1.165) is 40.7 Å². The fraction of sp³-hybridized carbons (Fsp3) is 0.429. The molecule has 0 spiro atoms. The highest BCUT2D eigenvalue weighted by molar-refractivity contribution is 5.82. The standard InChI is InChI=1S/C28H36N6O/c1-7-24(26-30-31-32-34(26)28(5,6)8-2)33(17-21-12-10-9-11-13-21)18-23-16-22-15-19(3)14-20(4)25(22)29-27(23)35/h9-16,24H,7-8,17-18H2,1-6H3,(H,29,35). The average molecular weight is 473 g/mol.